The van der Waals surface area contributed by atoms with E-state index in [0.717, 1.165) is 16.2 Å². The van der Waals surface area contributed by atoms with Crippen molar-refractivity contribution >= 4 is 29.3 Å². The number of nitrogens with zero attached hydrogens (tertiary/aromatic N) is 1. The summed E-state index contributed by atoms with van der Waals surface area (Å²) in [5.41, 5.74) is 2.10. The van der Waals surface area contributed by atoms with Crippen molar-refractivity contribution in [1.82, 2.24) is 10.3 Å². The van der Waals surface area contributed by atoms with Crippen LogP contribution in [0.1, 0.15) is 22.3 Å². The van der Waals surface area contributed by atoms with Gasteiger partial charge in [-0.2, -0.15) is 0 Å². The van der Waals surface area contributed by atoms with E-state index in [-0.39, 0.29) is 11.8 Å². The fraction of sp³-hybridized carbons (Fsp3) is 0.235. The molecule has 0 aliphatic carbocycles. The number of hydrogen-bond acceptors (Lipinski definition) is 5. The van der Waals surface area contributed by atoms with E-state index in [2.05, 4.69) is 15.6 Å². The zero-order chi connectivity index (χ0) is 16.9. The maximum absolute atomic E-state index is 12.3. The average molecular weight is 343 g/mol. The van der Waals surface area contributed by atoms with Crippen LogP contribution >= 0.6 is 11.8 Å². The Hall–Kier alpha value is -2.54. The molecule has 0 radical (unpaired) electrons. The van der Waals surface area contributed by atoms with E-state index < -0.39 is 0 Å². The third-order valence-corrected chi connectivity index (χ3v) is 4.64. The van der Waals surface area contributed by atoms with Gasteiger partial charge in [0.25, 0.3) is 5.91 Å². The zero-order valence-corrected chi connectivity index (χ0v) is 14.0. The van der Waals surface area contributed by atoms with Crippen LogP contribution in [-0.2, 0) is 11.3 Å². The summed E-state index contributed by atoms with van der Waals surface area (Å²) in [4.78, 5) is 29.0. The number of rotatable bonds is 4. The van der Waals surface area contributed by atoms with Crippen LogP contribution in [0.15, 0.2) is 41.4 Å². The highest BCUT2D eigenvalue weighted by Gasteiger charge is 2.15. The summed E-state index contributed by atoms with van der Waals surface area (Å²) in [6.45, 7) is 0.371. The SMILES string of the molecule is COc1cc(CNC(=O)c2ccc3c(c2)NC(=O)CCS3)ccn1. The molecule has 0 saturated heterocycles. The van der Waals surface area contributed by atoms with Gasteiger partial charge in [-0.05, 0) is 29.8 Å². The highest BCUT2D eigenvalue weighted by atomic mass is 32.2. The number of carbonyl (C=O) groups is 2. The molecule has 1 aliphatic heterocycles. The third kappa shape index (κ3) is 3.86. The molecule has 7 heteroatoms. The molecule has 0 atom stereocenters. The summed E-state index contributed by atoms with van der Waals surface area (Å²) < 4.78 is 5.06. The Morgan fingerprint density at radius 3 is 3.08 bits per heavy atom. The molecule has 0 fully saturated rings. The molecule has 1 aromatic carbocycles. The van der Waals surface area contributed by atoms with Crippen molar-refractivity contribution in [3.8, 4) is 5.88 Å². The predicted molar refractivity (Wildman–Crippen MR) is 92.4 cm³/mol. The lowest BCUT2D eigenvalue weighted by Gasteiger charge is -2.10. The van der Waals surface area contributed by atoms with Crippen molar-refractivity contribution in [1.29, 1.82) is 0 Å². The predicted octanol–water partition coefficient (Wildman–Crippen LogP) is 2.45. The van der Waals surface area contributed by atoms with Crippen LogP contribution in [0, 0.1) is 0 Å². The quantitative estimate of drug-likeness (QED) is 0.891. The second kappa shape index (κ2) is 7.35. The Morgan fingerprint density at radius 1 is 1.38 bits per heavy atom. The Labute approximate surface area is 144 Å². The van der Waals surface area contributed by atoms with Gasteiger partial charge < -0.3 is 15.4 Å². The van der Waals surface area contributed by atoms with Gasteiger partial charge in [0, 0.05) is 41.4 Å². The monoisotopic (exact) mass is 343 g/mol. The minimum absolute atomic E-state index is 0.0253. The molecule has 24 heavy (non-hydrogen) atoms. The zero-order valence-electron chi connectivity index (χ0n) is 13.2. The third-order valence-electron chi connectivity index (χ3n) is 3.56. The lowest BCUT2D eigenvalue weighted by atomic mass is 10.1. The number of thioether (sulfide) groups is 1. The summed E-state index contributed by atoms with van der Waals surface area (Å²) in [7, 11) is 1.55. The van der Waals surface area contributed by atoms with Crippen LogP contribution in [0.2, 0.25) is 0 Å². The molecule has 1 aliphatic rings. The van der Waals surface area contributed by atoms with Crippen LogP contribution in [-0.4, -0.2) is 29.7 Å². The molecule has 0 saturated carbocycles. The van der Waals surface area contributed by atoms with E-state index in [1.165, 1.54) is 0 Å². The molecule has 2 N–H and O–H groups in total. The number of anilines is 1. The highest BCUT2D eigenvalue weighted by Crippen LogP contribution is 2.31. The van der Waals surface area contributed by atoms with Gasteiger partial charge in [0.05, 0.1) is 12.8 Å². The number of amides is 2. The van der Waals surface area contributed by atoms with Gasteiger partial charge in [-0.15, -0.1) is 11.8 Å². The van der Waals surface area contributed by atoms with Gasteiger partial charge in [-0.3, -0.25) is 9.59 Å². The lowest BCUT2D eigenvalue weighted by molar-refractivity contribution is -0.115. The molecule has 0 bridgehead atoms. The molecule has 3 rings (SSSR count). The van der Waals surface area contributed by atoms with Crippen LogP contribution < -0.4 is 15.4 Å². The average Bonchev–Trinajstić information content (AvgIpc) is 2.79. The van der Waals surface area contributed by atoms with Gasteiger partial charge in [0.15, 0.2) is 0 Å². The van der Waals surface area contributed by atoms with Crippen molar-refractivity contribution in [2.24, 2.45) is 0 Å². The smallest absolute Gasteiger partial charge is 0.251 e. The van der Waals surface area contributed by atoms with Gasteiger partial charge in [0.1, 0.15) is 0 Å². The molecular weight excluding hydrogens is 326 g/mol. The molecule has 2 heterocycles. The minimum atomic E-state index is -0.197. The van der Waals surface area contributed by atoms with Gasteiger partial charge >= 0.3 is 0 Å². The molecule has 6 nitrogen and oxygen atoms in total. The number of benzene rings is 1. The van der Waals surface area contributed by atoms with Crippen LogP contribution in [0.25, 0.3) is 0 Å². The molecule has 0 spiro atoms. The Balaban J connectivity index is 1.70. The molecule has 1 aromatic heterocycles. The molecule has 124 valence electrons. The highest BCUT2D eigenvalue weighted by molar-refractivity contribution is 7.99. The Bertz CT molecular complexity index is 779. The van der Waals surface area contributed by atoms with Crippen molar-refractivity contribution in [3.63, 3.8) is 0 Å². The van der Waals surface area contributed by atoms with Crippen LogP contribution in [0.3, 0.4) is 0 Å². The molecule has 2 amide bonds. The Morgan fingerprint density at radius 2 is 2.25 bits per heavy atom. The number of ether oxygens (including phenoxy) is 1. The first-order valence-electron chi connectivity index (χ1n) is 7.49. The molecule has 2 aromatic rings. The second-order valence-electron chi connectivity index (χ2n) is 5.25. The maximum Gasteiger partial charge on any atom is 0.251 e. The topological polar surface area (TPSA) is 80.3 Å². The number of methoxy groups -OCH3 is 1. The van der Waals surface area contributed by atoms with Crippen LogP contribution in [0.4, 0.5) is 5.69 Å². The number of pyridine rings is 1. The fourth-order valence-electron chi connectivity index (χ4n) is 2.32. The number of fused-ring (bicyclic) bond motifs is 1. The normalized spacial score (nSPS) is 13.5. The van der Waals surface area contributed by atoms with Crippen molar-refractivity contribution in [3.05, 3.63) is 47.7 Å². The summed E-state index contributed by atoms with van der Waals surface area (Å²) in [5, 5.41) is 5.70. The van der Waals surface area contributed by atoms with E-state index >= 15 is 0 Å². The van der Waals surface area contributed by atoms with Gasteiger partial charge in [-0.25, -0.2) is 4.98 Å². The van der Waals surface area contributed by atoms with Crippen LogP contribution in [0.5, 0.6) is 5.88 Å². The van der Waals surface area contributed by atoms with E-state index in [4.69, 9.17) is 4.74 Å². The first-order chi connectivity index (χ1) is 11.7. The first kappa shape index (κ1) is 16.3. The van der Waals surface area contributed by atoms with Crippen molar-refractivity contribution < 1.29 is 14.3 Å². The van der Waals surface area contributed by atoms with Crippen molar-refractivity contribution in [2.45, 2.75) is 17.9 Å². The first-order valence-corrected chi connectivity index (χ1v) is 8.48. The minimum Gasteiger partial charge on any atom is -0.481 e. The fourth-order valence-corrected chi connectivity index (χ4v) is 3.25. The number of aromatic nitrogens is 1. The second-order valence-corrected chi connectivity index (χ2v) is 6.38. The maximum atomic E-state index is 12.3. The largest absolute Gasteiger partial charge is 0.481 e. The number of carbonyl (C=O) groups excluding carboxylic acids is 2. The van der Waals surface area contributed by atoms with Gasteiger partial charge in [-0.1, -0.05) is 0 Å². The Kier molecular flexibility index (Phi) is 5.00. The van der Waals surface area contributed by atoms with E-state index in [9.17, 15) is 9.59 Å². The van der Waals surface area contributed by atoms with E-state index in [1.807, 2.05) is 12.1 Å². The van der Waals surface area contributed by atoms with E-state index in [1.54, 1.807) is 43.3 Å². The number of nitrogens with one attached hydrogen (secondary N) is 2. The summed E-state index contributed by atoms with van der Waals surface area (Å²) in [6.07, 6.45) is 2.11. The standard InChI is InChI=1S/C17H17N3O3S/c1-23-16-8-11(4-6-18-16)10-19-17(22)12-2-3-14-13(9-12)20-15(21)5-7-24-14/h2-4,6,8-9H,5,7,10H2,1H3,(H,19,22)(H,20,21). The molecule has 0 unspecified atom stereocenters. The summed E-state index contributed by atoms with van der Waals surface area (Å²) in [6, 6.07) is 8.95. The van der Waals surface area contributed by atoms with E-state index in [0.29, 0.717) is 30.1 Å². The van der Waals surface area contributed by atoms with Gasteiger partial charge in [0.2, 0.25) is 11.8 Å². The number of hydrogen-bond donors (Lipinski definition) is 2. The summed E-state index contributed by atoms with van der Waals surface area (Å²) >= 11 is 1.61. The molecular formula is C17H17N3O3S. The summed E-state index contributed by atoms with van der Waals surface area (Å²) in [5.74, 6) is 1.03. The van der Waals surface area contributed by atoms with Crippen molar-refractivity contribution in [2.75, 3.05) is 18.2 Å². The lowest BCUT2D eigenvalue weighted by Crippen LogP contribution is -2.23.